The molecule has 0 bridgehead atoms. The van der Waals surface area contributed by atoms with Crippen LogP contribution in [0.3, 0.4) is 0 Å². The first-order valence-electron chi connectivity index (χ1n) is 6.39. The van der Waals surface area contributed by atoms with E-state index < -0.39 is 50.8 Å². The molecule has 1 amide bonds. The lowest BCUT2D eigenvalue weighted by Crippen LogP contribution is -2.39. The third kappa shape index (κ3) is 4.80. The summed E-state index contributed by atoms with van der Waals surface area (Å²) >= 11 is 0. The van der Waals surface area contributed by atoms with Gasteiger partial charge < -0.3 is 18.9 Å². The van der Waals surface area contributed by atoms with E-state index in [4.69, 9.17) is 14.2 Å². The molecule has 1 aliphatic rings. The summed E-state index contributed by atoms with van der Waals surface area (Å²) in [6, 6.07) is -1.22. The summed E-state index contributed by atoms with van der Waals surface area (Å²) in [5.41, 5.74) is 0. The minimum absolute atomic E-state index is 0.108. The number of rotatable bonds is 8. The first-order valence-corrected chi connectivity index (χ1v) is 8.11. The highest BCUT2D eigenvalue weighted by Gasteiger charge is 2.40. The fourth-order valence-corrected chi connectivity index (χ4v) is 3.45. The summed E-state index contributed by atoms with van der Waals surface area (Å²) < 4.78 is 26.7. The second-order valence-electron chi connectivity index (χ2n) is 4.21. The Morgan fingerprint density at radius 3 is 2.43 bits per heavy atom. The summed E-state index contributed by atoms with van der Waals surface area (Å²) in [5.74, 6) is -1.39. The number of hydrogen-bond acceptors (Lipinski definition) is 7. The summed E-state index contributed by atoms with van der Waals surface area (Å²) in [4.78, 5) is 35.0. The molecule has 0 saturated carbocycles. The molecule has 9 nitrogen and oxygen atoms in total. The summed E-state index contributed by atoms with van der Waals surface area (Å²) in [6.45, 7) is 3.02. The Morgan fingerprint density at radius 1 is 1.38 bits per heavy atom. The molecule has 21 heavy (non-hydrogen) atoms. The molecule has 0 radical (unpaired) electrons. The highest BCUT2D eigenvalue weighted by molar-refractivity contribution is 7.54. The minimum atomic E-state index is -3.56. The summed E-state index contributed by atoms with van der Waals surface area (Å²) in [6.07, 6.45) is -2.29. The van der Waals surface area contributed by atoms with Crippen molar-refractivity contribution in [2.75, 3.05) is 26.1 Å². The smallest absolute Gasteiger partial charge is 0.410 e. The van der Waals surface area contributed by atoms with Crippen LogP contribution in [-0.2, 0) is 27.9 Å². The maximum Gasteiger partial charge on any atom is 0.410 e. The highest BCUT2D eigenvalue weighted by Crippen LogP contribution is 2.48. The van der Waals surface area contributed by atoms with Gasteiger partial charge in [0.2, 0.25) is 0 Å². The van der Waals surface area contributed by atoms with Crippen LogP contribution in [0.25, 0.3) is 0 Å². The lowest BCUT2D eigenvalue weighted by molar-refractivity contribution is -0.140. The third-order valence-corrected chi connectivity index (χ3v) is 4.73. The summed E-state index contributed by atoms with van der Waals surface area (Å²) in [7, 11) is -3.56. The van der Waals surface area contributed by atoms with Crippen molar-refractivity contribution < 1.29 is 37.8 Å². The van der Waals surface area contributed by atoms with Crippen molar-refractivity contribution >= 4 is 25.4 Å². The molecule has 1 atom stereocenters. The van der Waals surface area contributed by atoms with Crippen molar-refractivity contribution in [3.63, 3.8) is 0 Å². The van der Waals surface area contributed by atoms with Gasteiger partial charge >= 0.3 is 19.7 Å². The number of amides is 1. The van der Waals surface area contributed by atoms with Crippen LogP contribution in [0.2, 0.25) is 0 Å². The molecule has 0 aromatic carbocycles. The third-order valence-electron chi connectivity index (χ3n) is 2.68. The normalized spacial score (nSPS) is 18.7. The molecule has 0 spiro atoms. The maximum absolute atomic E-state index is 12.2. The molecule has 10 heteroatoms. The first kappa shape index (κ1) is 17.6. The molecular weight excluding hydrogens is 305 g/mol. The van der Waals surface area contributed by atoms with E-state index in [9.17, 15) is 18.9 Å². The van der Waals surface area contributed by atoms with E-state index in [2.05, 4.69) is 4.74 Å². The quantitative estimate of drug-likeness (QED) is 0.520. The SMILES string of the molecule is CCOP(=O)(CC(=O)C[C@H]1C(=O)OCN1C(=O)O)OCC. The van der Waals surface area contributed by atoms with Crippen LogP contribution in [0.5, 0.6) is 0 Å². The van der Waals surface area contributed by atoms with Gasteiger partial charge in [-0.1, -0.05) is 0 Å². The Morgan fingerprint density at radius 2 is 1.95 bits per heavy atom. The fourth-order valence-electron chi connectivity index (χ4n) is 1.85. The van der Waals surface area contributed by atoms with Crippen LogP contribution < -0.4 is 0 Å². The van der Waals surface area contributed by atoms with Crippen LogP contribution in [0.1, 0.15) is 20.3 Å². The van der Waals surface area contributed by atoms with Gasteiger partial charge in [0.1, 0.15) is 18.0 Å². The molecule has 1 heterocycles. The van der Waals surface area contributed by atoms with Gasteiger partial charge in [-0.05, 0) is 13.8 Å². The molecule has 1 saturated heterocycles. The molecule has 0 aromatic rings. The van der Waals surface area contributed by atoms with E-state index in [1.807, 2.05) is 0 Å². The van der Waals surface area contributed by atoms with Crippen LogP contribution in [0.4, 0.5) is 4.79 Å². The van der Waals surface area contributed by atoms with Gasteiger partial charge in [-0.25, -0.2) is 9.59 Å². The average Bonchev–Trinajstić information content (AvgIpc) is 2.71. The van der Waals surface area contributed by atoms with Gasteiger partial charge in [-0.2, -0.15) is 0 Å². The topological polar surface area (TPSA) is 119 Å². The van der Waals surface area contributed by atoms with Gasteiger partial charge in [-0.3, -0.25) is 14.3 Å². The lowest BCUT2D eigenvalue weighted by atomic mass is 10.1. The molecule has 1 rings (SSSR count). The van der Waals surface area contributed by atoms with Crippen molar-refractivity contribution in [1.29, 1.82) is 0 Å². The Kier molecular flexibility index (Phi) is 6.32. The average molecular weight is 323 g/mol. The predicted octanol–water partition coefficient (Wildman–Crippen LogP) is 1.07. The second-order valence-corrected chi connectivity index (χ2v) is 6.26. The van der Waals surface area contributed by atoms with Gasteiger partial charge in [0.15, 0.2) is 6.73 Å². The minimum Gasteiger partial charge on any atom is -0.465 e. The van der Waals surface area contributed by atoms with E-state index in [0.29, 0.717) is 4.90 Å². The first-order chi connectivity index (χ1) is 9.83. The number of ether oxygens (including phenoxy) is 1. The number of esters is 1. The Hall–Kier alpha value is -1.44. The molecule has 0 aromatic heterocycles. The maximum atomic E-state index is 12.2. The zero-order chi connectivity index (χ0) is 16.0. The van der Waals surface area contributed by atoms with E-state index in [0.717, 1.165) is 0 Å². The monoisotopic (exact) mass is 323 g/mol. The Labute approximate surface area is 121 Å². The molecule has 0 unspecified atom stereocenters. The van der Waals surface area contributed by atoms with Gasteiger partial charge in [0.05, 0.1) is 13.2 Å². The number of hydrogen-bond donors (Lipinski definition) is 1. The van der Waals surface area contributed by atoms with Gasteiger partial charge in [-0.15, -0.1) is 0 Å². The van der Waals surface area contributed by atoms with Crippen LogP contribution in [0.15, 0.2) is 0 Å². The Balaban J connectivity index is 2.69. The molecule has 120 valence electrons. The zero-order valence-corrected chi connectivity index (χ0v) is 12.7. The van der Waals surface area contributed by atoms with Crippen molar-refractivity contribution in [2.45, 2.75) is 26.3 Å². The van der Waals surface area contributed by atoms with Gasteiger partial charge in [0, 0.05) is 6.42 Å². The fraction of sp³-hybridized carbons (Fsp3) is 0.727. The number of cyclic esters (lactones) is 1. The van der Waals surface area contributed by atoms with Crippen molar-refractivity contribution in [1.82, 2.24) is 4.90 Å². The molecular formula is C11H18NO8P. The summed E-state index contributed by atoms with van der Waals surface area (Å²) in [5, 5.41) is 8.89. The number of Topliss-reactive ketones (excluding diaryl/α,β-unsaturated/α-hetero) is 1. The molecule has 1 aliphatic heterocycles. The van der Waals surface area contributed by atoms with Gasteiger partial charge in [0.25, 0.3) is 0 Å². The van der Waals surface area contributed by atoms with Crippen molar-refractivity contribution in [3.05, 3.63) is 0 Å². The number of nitrogens with zero attached hydrogens (tertiary/aromatic N) is 1. The van der Waals surface area contributed by atoms with E-state index in [1.54, 1.807) is 13.8 Å². The Bertz CT molecular complexity index is 455. The molecule has 1 N–H and O–H groups in total. The predicted molar refractivity (Wildman–Crippen MR) is 70.0 cm³/mol. The number of carboxylic acid groups (broad SMARTS) is 1. The zero-order valence-electron chi connectivity index (χ0n) is 11.8. The number of carbonyl (C=O) groups excluding carboxylic acids is 2. The molecule has 1 fully saturated rings. The van der Waals surface area contributed by atoms with Crippen molar-refractivity contribution in [2.24, 2.45) is 0 Å². The molecule has 0 aliphatic carbocycles. The largest absolute Gasteiger partial charge is 0.465 e. The number of ketones is 1. The standard InChI is InChI=1S/C11H18NO8P/c1-3-19-21(17,20-4-2)6-8(13)5-9-10(14)18-7-12(9)11(15)16/h9H,3-7H2,1-2H3,(H,15,16)/t9-/m0/s1. The van der Waals surface area contributed by atoms with E-state index in [1.165, 1.54) is 0 Å². The van der Waals surface area contributed by atoms with E-state index in [-0.39, 0.29) is 13.2 Å². The number of carbonyl (C=O) groups is 3. The van der Waals surface area contributed by atoms with Crippen molar-refractivity contribution in [3.8, 4) is 0 Å². The van der Waals surface area contributed by atoms with Crippen LogP contribution in [-0.4, -0.2) is 60.0 Å². The highest BCUT2D eigenvalue weighted by atomic mass is 31.2. The lowest BCUT2D eigenvalue weighted by Gasteiger charge is -2.18. The van der Waals surface area contributed by atoms with Crippen LogP contribution >= 0.6 is 7.60 Å². The second kappa shape index (κ2) is 7.53. The van der Waals surface area contributed by atoms with Crippen LogP contribution in [0, 0.1) is 0 Å². The van der Waals surface area contributed by atoms with E-state index >= 15 is 0 Å².